The number of sulfonamides is 1. The van der Waals surface area contributed by atoms with E-state index in [4.69, 9.17) is 25.8 Å². The van der Waals surface area contributed by atoms with Crippen molar-refractivity contribution in [3.8, 4) is 5.75 Å². The van der Waals surface area contributed by atoms with E-state index in [-0.39, 0.29) is 41.7 Å². The molecule has 1 aromatic rings. The summed E-state index contributed by atoms with van der Waals surface area (Å²) in [6, 6.07) is 4.61. The maximum Gasteiger partial charge on any atom is 0.410 e. The van der Waals surface area contributed by atoms with Gasteiger partial charge in [0.25, 0.3) is 21.9 Å². The van der Waals surface area contributed by atoms with Gasteiger partial charge in [0, 0.05) is 42.9 Å². The molecule has 5 aliphatic rings. The molecule has 2 fully saturated rings. The van der Waals surface area contributed by atoms with Gasteiger partial charge >= 0.3 is 6.09 Å². The molecule has 0 spiro atoms. The van der Waals surface area contributed by atoms with Crippen LogP contribution in [0.2, 0.25) is 0 Å². The molecule has 0 aromatic heterocycles. The number of anilines is 1. The minimum Gasteiger partial charge on any atom is -0.491 e. The smallest absolute Gasteiger partial charge is 0.410 e. The van der Waals surface area contributed by atoms with Crippen molar-refractivity contribution in [2.75, 3.05) is 44.3 Å². The summed E-state index contributed by atoms with van der Waals surface area (Å²) in [4.78, 5) is 29.4. The molecule has 268 valence electrons. The Morgan fingerprint density at radius 1 is 1.10 bits per heavy atom. The van der Waals surface area contributed by atoms with Gasteiger partial charge in [-0.1, -0.05) is 36.2 Å². The monoisotopic (exact) mass is 723 g/mol. The average Bonchev–Trinajstić information content (AvgIpc) is 3.39. The second-order valence-corrected chi connectivity index (χ2v) is 16.3. The standard InChI is InChI=1S/C35H44ClF2N3O7S/c1-34(2)32(42)39-49(44,45)27-11-13-31-29(19-27)40(15-4-3-6-23-18-26(36)10-8-25(23)21-46-31)20-24-9-12-28(24)30(7-5-17-47-34)48-33(43)41-16-14-35(37,38)22-41/h5,7-8,10-11,13,18-19,23-25,28,30H,3-4,6,9,12,14-17,20-22H2,1-2H3,(H,39,42)/b7-5+/t23?,24-,25?,28+,30-/m0/s1. The van der Waals surface area contributed by atoms with E-state index in [1.165, 1.54) is 19.9 Å². The molecular formula is C35H44ClF2N3O7S. The number of halogens is 3. The lowest BCUT2D eigenvalue weighted by atomic mass is 9.70. The third-order valence-electron chi connectivity index (χ3n) is 10.3. The zero-order valence-electron chi connectivity index (χ0n) is 27.8. The van der Waals surface area contributed by atoms with E-state index in [0.29, 0.717) is 36.2 Å². The number of fused-ring (bicyclic) bond motifs is 3. The number of carbonyl (C=O) groups excluding carboxylic acids is 2. The predicted octanol–water partition coefficient (Wildman–Crippen LogP) is 6.02. The van der Waals surface area contributed by atoms with Crippen LogP contribution in [0.1, 0.15) is 52.4 Å². The van der Waals surface area contributed by atoms with Crippen molar-refractivity contribution >= 4 is 39.3 Å². The molecule has 3 heterocycles. The lowest BCUT2D eigenvalue weighted by Gasteiger charge is -2.43. The number of nitrogens with one attached hydrogen (secondary N) is 1. The Morgan fingerprint density at radius 2 is 1.92 bits per heavy atom. The highest BCUT2D eigenvalue weighted by Crippen LogP contribution is 2.43. The fourth-order valence-electron chi connectivity index (χ4n) is 7.14. The van der Waals surface area contributed by atoms with Crippen LogP contribution in [0.5, 0.6) is 5.75 Å². The Morgan fingerprint density at radius 3 is 2.65 bits per heavy atom. The summed E-state index contributed by atoms with van der Waals surface area (Å²) in [5.41, 5.74) is -0.950. The topological polar surface area (TPSA) is 114 Å². The first-order valence-electron chi connectivity index (χ1n) is 17.0. The Hall–Kier alpha value is -3.16. The van der Waals surface area contributed by atoms with Crippen LogP contribution in [0.15, 0.2) is 58.5 Å². The quantitative estimate of drug-likeness (QED) is 0.350. The molecule has 10 nitrogen and oxygen atoms in total. The predicted molar refractivity (Wildman–Crippen MR) is 180 cm³/mol. The molecule has 1 N–H and O–H groups in total. The number of hydrogen-bond acceptors (Lipinski definition) is 8. The SMILES string of the molecule is CC1(C)OC/C=C/[C@H](OC(=O)N2CCC(F)(F)C2)[C@@H]2CC[C@H]2CN2CCCCC3C=C(Cl)C=CC3COc3ccc(cc32)S(=O)(=O)NC1=O. The summed E-state index contributed by atoms with van der Waals surface area (Å²) in [6.45, 7) is 3.56. The number of carbonyl (C=O) groups is 2. The number of nitrogens with zero attached hydrogens (tertiary/aromatic N) is 2. The lowest BCUT2D eigenvalue weighted by molar-refractivity contribution is -0.139. The highest BCUT2D eigenvalue weighted by atomic mass is 35.5. The van der Waals surface area contributed by atoms with Crippen LogP contribution in [0.25, 0.3) is 0 Å². The molecule has 2 aliphatic carbocycles. The fourth-order valence-corrected chi connectivity index (χ4v) is 8.49. The Bertz CT molecular complexity index is 1630. The zero-order valence-corrected chi connectivity index (χ0v) is 29.4. The largest absolute Gasteiger partial charge is 0.491 e. The minimum absolute atomic E-state index is 0.0398. The highest BCUT2D eigenvalue weighted by Gasteiger charge is 2.44. The third kappa shape index (κ3) is 8.26. The van der Waals surface area contributed by atoms with Gasteiger partial charge in [0.2, 0.25) is 0 Å². The number of benzene rings is 1. The fraction of sp³-hybridized carbons (Fsp3) is 0.600. The van der Waals surface area contributed by atoms with Gasteiger partial charge in [-0.05, 0) is 81.7 Å². The second-order valence-electron chi connectivity index (χ2n) is 14.2. The molecule has 5 atom stereocenters. The van der Waals surface area contributed by atoms with Gasteiger partial charge in [0.1, 0.15) is 17.5 Å². The first-order valence-corrected chi connectivity index (χ1v) is 18.9. The first kappa shape index (κ1) is 35.7. The van der Waals surface area contributed by atoms with Crippen LogP contribution >= 0.6 is 11.6 Å². The number of likely N-dealkylation sites (tertiary alicyclic amines) is 1. The van der Waals surface area contributed by atoms with Crippen molar-refractivity contribution in [2.24, 2.45) is 23.7 Å². The van der Waals surface area contributed by atoms with Crippen molar-refractivity contribution in [2.45, 2.75) is 74.9 Å². The summed E-state index contributed by atoms with van der Waals surface area (Å²) in [5, 5.41) is 0.700. The number of ether oxygens (including phenoxy) is 3. The Kier molecular flexibility index (Phi) is 10.4. The van der Waals surface area contributed by atoms with Gasteiger partial charge in [-0.25, -0.2) is 26.7 Å². The van der Waals surface area contributed by atoms with Gasteiger partial charge in [0.05, 0.1) is 30.3 Å². The number of hydrogen-bond donors (Lipinski definition) is 1. The van der Waals surface area contributed by atoms with E-state index in [9.17, 15) is 26.8 Å². The molecule has 0 radical (unpaired) electrons. The molecular weight excluding hydrogens is 680 g/mol. The van der Waals surface area contributed by atoms with Crippen molar-refractivity contribution in [3.05, 3.63) is 53.6 Å². The molecule has 1 saturated heterocycles. The molecule has 2 amide bonds. The van der Waals surface area contributed by atoms with Crippen molar-refractivity contribution in [1.29, 1.82) is 0 Å². The minimum atomic E-state index is -4.28. The normalized spacial score (nSPS) is 31.7. The summed E-state index contributed by atoms with van der Waals surface area (Å²) >= 11 is 6.35. The van der Waals surface area contributed by atoms with Crippen LogP contribution in [-0.4, -0.2) is 82.3 Å². The van der Waals surface area contributed by atoms with Gasteiger partial charge in [-0.2, -0.15) is 0 Å². The summed E-state index contributed by atoms with van der Waals surface area (Å²) in [6.07, 6.45) is 11.6. The molecule has 6 rings (SSSR count). The number of allylic oxidation sites excluding steroid dienone is 3. The van der Waals surface area contributed by atoms with Crippen molar-refractivity contribution in [3.63, 3.8) is 0 Å². The molecule has 49 heavy (non-hydrogen) atoms. The van der Waals surface area contributed by atoms with Crippen molar-refractivity contribution in [1.82, 2.24) is 9.62 Å². The second kappa shape index (κ2) is 14.2. The van der Waals surface area contributed by atoms with E-state index in [0.717, 1.165) is 37.0 Å². The van der Waals surface area contributed by atoms with Crippen LogP contribution < -0.4 is 14.4 Å². The molecule has 1 saturated carbocycles. The van der Waals surface area contributed by atoms with E-state index >= 15 is 0 Å². The highest BCUT2D eigenvalue weighted by molar-refractivity contribution is 7.90. The third-order valence-corrected chi connectivity index (χ3v) is 11.9. The number of rotatable bonds is 1. The van der Waals surface area contributed by atoms with Gasteiger partial charge in [0.15, 0.2) is 0 Å². The summed E-state index contributed by atoms with van der Waals surface area (Å²) < 4.78 is 75.3. The molecule has 1 aromatic carbocycles. The van der Waals surface area contributed by atoms with E-state index < -0.39 is 52.6 Å². The summed E-state index contributed by atoms with van der Waals surface area (Å²) in [7, 11) is -4.28. The molecule has 14 heteroatoms. The molecule has 3 aliphatic heterocycles. The number of amides is 2. The zero-order chi connectivity index (χ0) is 35.0. The molecule has 2 unspecified atom stereocenters. The Labute approximate surface area is 291 Å². The van der Waals surface area contributed by atoms with E-state index in [2.05, 4.69) is 21.8 Å². The van der Waals surface area contributed by atoms with Crippen molar-refractivity contribution < 1.29 is 41.0 Å². The average molecular weight is 724 g/mol. The summed E-state index contributed by atoms with van der Waals surface area (Å²) in [5.74, 6) is -3.08. The maximum atomic E-state index is 13.9. The molecule has 2 bridgehead atoms. The van der Waals surface area contributed by atoms with E-state index in [1.807, 2.05) is 6.08 Å². The van der Waals surface area contributed by atoms with Crippen LogP contribution in [0, 0.1) is 23.7 Å². The Balaban J connectivity index is 1.34. The van der Waals surface area contributed by atoms with Crippen LogP contribution in [0.4, 0.5) is 19.3 Å². The first-order chi connectivity index (χ1) is 23.2. The maximum absolute atomic E-state index is 13.9. The lowest BCUT2D eigenvalue weighted by Crippen LogP contribution is -2.47. The van der Waals surface area contributed by atoms with Crippen LogP contribution in [-0.2, 0) is 24.3 Å². The van der Waals surface area contributed by atoms with Gasteiger partial charge in [-0.15, -0.1) is 0 Å². The van der Waals surface area contributed by atoms with Gasteiger partial charge < -0.3 is 24.0 Å². The van der Waals surface area contributed by atoms with Gasteiger partial charge in [-0.3, -0.25) is 4.79 Å². The van der Waals surface area contributed by atoms with Crippen LogP contribution in [0.3, 0.4) is 0 Å². The number of alkyl halides is 2. The van der Waals surface area contributed by atoms with E-state index in [1.54, 1.807) is 24.3 Å².